The van der Waals surface area contributed by atoms with Crippen LogP contribution in [0.15, 0.2) is 33.5 Å². The van der Waals surface area contributed by atoms with Gasteiger partial charge in [0.05, 0.1) is 24.4 Å². The van der Waals surface area contributed by atoms with E-state index in [2.05, 4.69) is 40.2 Å². The van der Waals surface area contributed by atoms with Gasteiger partial charge in [-0.25, -0.2) is 4.68 Å². The van der Waals surface area contributed by atoms with E-state index in [4.69, 9.17) is 9.15 Å². The first-order valence-corrected chi connectivity index (χ1v) is 9.50. The summed E-state index contributed by atoms with van der Waals surface area (Å²) in [6, 6.07) is 5.69. The molecule has 0 aromatic carbocycles. The zero-order valence-electron chi connectivity index (χ0n) is 15.2. The van der Waals surface area contributed by atoms with Crippen LogP contribution in [0.1, 0.15) is 43.2 Å². The van der Waals surface area contributed by atoms with Crippen molar-refractivity contribution in [2.24, 2.45) is 0 Å². The third-order valence-electron chi connectivity index (χ3n) is 4.51. The van der Waals surface area contributed by atoms with Crippen molar-refractivity contribution < 1.29 is 13.9 Å². The molecule has 3 heterocycles. The highest BCUT2D eigenvalue weighted by molar-refractivity contribution is 9.10. The molecule has 0 bridgehead atoms. The fourth-order valence-electron chi connectivity index (χ4n) is 3.14. The minimum atomic E-state index is -0.198. The molecule has 0 saturated heterocycles. The second kappa shape index (κ2) is 8.09. The zero-order chi connectivity index (χ0) is 18.7. The molecule has 8 heteroatoms. The van der Waals surface area contributed by atoms with Crippen LogP contribution in [0.3, 0.4) is 0 Å². The van der Waals surface area contributed by atoms with Crippen molar-refractivity contribution in [1.29, 1.82) is 0 Å². The molecule has 0 radical (unpaired) electrons. The molecule has 1 amide bonds. The Kier molecular flexibility index (Phi) is 5.83. The number of furan rings is 1. The Morgan fingerprint density at radius 1 is 1.38 bits per heavy atom. The Morgan fingerprint density at radius 2 is 2.15 bits per heavy atom. The minimum absolute atomic E-state index is 0.198. The Morgan fingerprint density at radius 3 is 2.85 bits per heavy atom. The first-order valence-electron chi connectivity index (χ1n) is 8.71. The lowest BCUT2D eigenvalue weighted by Crippen LogP contribution is -2.21. The predicted molar refractivity (Wildman–Crippen MR) is 104 cm³/mol. The van der Waals surface area contributed by atoms with Crippen molar-refractivity contribution in [1.82, 2.24) is 14.3 Å². The molecule has 0 atom stereocenters. The number of hydrogen-bond acceptors (Lipinski definition) is 4. The average molecular weight is 423 g/mol. The maximum Gasteiger partial charge on any atom is 0.273 e. The predicted octanol–water partition coefficient (Wildman–Crippen LogP) is 4.45. The molecule has 1 N–H and O–H groups in total. The van der Waals surface area contributed by atoms with Gasteiger partial charge in [0, 0.05) is 31.9 Å². The number of amides is 1. The molecule has 0 aliphatic carbocycles. The van der Waals surface area contributed by atoms with Crippen LogP contribution >= 0.6 is 15.9 Å². The van der Waals surface area contributed by atoms with E-state index in [1.807, 2.05) is 21.4 Å². The summed E-state index contributed by atoms with van der Waals surface area (Å²) < 4.78 is 15.2. The van der Waals surface area contributed by atoms with Crippen LogP contribution in [-0.2, 0) is 11.3 Å². The largest absolute Gasteiger partial charge is 0.448 e. The molecule has 3 aromatic rings. The lowest BCUT2D eigenvalue weighted by Gasteiger charge is -2.17. The summed E-state index contributed by atoms with van der Waals surface area (Å²) in [6.45, 7) is 5.28. The Balaban J connectivity index is 1.91. The summed E-state index contributed by atoms with van der Waals surface area (Å²) in [5.74, 6) is 0.498. The normalized spacial score (nSPS) is 11.6. The van der Waals surface area contributed by atoms with E-state index in [1.165, 1.54) is 0 Å². The summed E-state index contributed by atoms with van der Waals surface area (Å²) in [7, 11) is 1.64. The molecule has 0 unspecified atom stereocenters. The van der Waals surface area contributed by atoms with Crippen molar-refractivity contribution in [3.63, 3.8) is 0 Å². The maximum absolute atomic E-state index is 12.9. The van der Waals surface area contributed by atoms with Crippen LogP contribution in [-0.4, -0.2) is 34.0 Å². The van der Waals surface area contributed by atoms with Crippen LogP contribution in [0.25, 0.3) is 11.1 Å². The van der Waals surface area contributed by atoms with E-state index in [0.29, 0.717) is 34.9 Å². The molecule has 0 aliphatic rings. The van der Waals surface area contributed by atoms with Gasteiger partial charge < -0.3 is 19.0 Å². The van der Waals surface area contributed by atoms with Crippen molar-refractivity contribution in [2.75, 3.05) is 19.0 Å². The Bertz CT molecular complexity index is 892. The summed E-state index contributed by atoms with van der Waals surface area (Å²) in [5.41, 5.74) is 2.04. The molecule has 0 spiro atoms. The molecule has 0 saturated carbocycles. The maximum atomic E-state index is 12.9. The van der Waals surface area contributed by atoms with Crippen LogP contribution in [0.4, 0.5) is 5.82 Å². The van der Waals surface area contributed by atoms with E-state index in [-0.39, 0.29) is 11.9 Å². The van der Waals surface area contributed by atoms with E-state index in [9.17, 15) is 4.79 Å². The molecule has 0 fully saturated rings. The van der Waals surface area contributed by atoms with Crippen molar-refractivity contribution in [3.8, 4) is 0 Å². The van der Waals surface area contributed by atoms with Crippen molar-refractivity contribution in [3.05, 3.63) is 34.8 Å². The second-order valence-electron chi connectivity index (χ2n) is 6.06. The molecule has 7 nitrogen and oxygen atoms in total. The van der Waals surface area contributed by atoms with Gasteiger partial charge in [-0.2, -0.15) is 5.10 Å². The van der Waals surface area contributed by atoms with Gasteiger partial charge in [0.15, 0.2) is 10.3 Å². The summed E-state index contributed by atoms with van der Waals surface area (Å²) in [4.78, 5) is 12.9. The van der Waals surface area contributed by atoms with Gasteiger partial charge in [-0.05, 0) is 28.8 Å². The second-order valence-corrected chi connectivity index (χ2v) is 6.84. The number of hydrogen-bond donors (Lipinski definition) is 1. The topological polar surface area (TPSA) is 74.2 Å². The zero-order valence-corrected chi connectivity index (χ0v) is 16.7. The van der Waals surface area contributed by atoms with Crippen molar-refractivity contribution >= 4 is 38.8 Å². The molecular weight excluding hydrogens is 400 g/mol. The van der Waals surface area contributed by atoms with Crippen molar-refractivity contribution in [2.45, 2.75) is 39.3 Å². The highest BCUT2D eigenvalue weighted by atomic mass is 79.9. The highest BCUT2D eigenvalue weighted by Crippen LogP contribution is 2.28. The van der Waals surface area contributed by atoms with Crippen LogP contribution in [0.2, 0.25) is 0 Å². The minimum Gasteiger partial charge on any atom is -0.448 e. The third kappa shape index (κ3) is 3.57. The van der Waals surface area contributed by atoms with E-state index in [0.717, 1.165) is 18.4 Å². The van der Waals surface area contributed by atoms with Crippen LogP contribution in [0, 0.1) is 0 Å². The number of methoxy groups -OCH3 is 1. The van der Waals surface area contributed by atoms with E-state index in [1.54, 1.807) is 19.4 Å². The molecular formula is C18H23BrN4O3. The van der Waals surface area contributed by atoms with Gasteiger partial charge in [0.2, 0.25) is 0 Å². The summed E-state index contributed by atoms with van der Waals surface area (Å²) in [5, 5.41) is 7.36. The monoisotopic (exact) mass is 422 g/mol. The third-order valence-corrected chi connectivity index (χ3v) is 4.90. The Hall–Kier alpha value is -2.06. The first-order chi connectivity index (χ1) is 12.6. The van der Waals surface area contributed by atoms with Gasteiger partial charge in [0.25, 0.3) is 5.91 Å². The molecule has 3 rings (SSSR count). The molecule has 26 heavy (non-hydrogen) atoms. The molecule has 140 valence electrons. The smallest absolute Gasteiger partial charge is 0.273 e. The van der Waals surface area contributed by atoms with Gasteiger partial charge in [-0.15, -0.1) is 0 Å². The van der Waals surface area contributed by atoms with Crippen LogP contribution in [0.5, 0.6) is 0 Å². The number of aromatic nitrogens is 3. The summed E-state index contributed by atoms with van der Waals surface area (Å²) in [6.07, 6.45) is 3.61. The average Bonchev–Trinajstić information content (AvgIpc) is 3.29. The number of nitrogens with one attached hydrogen (secondary N) is 1. The quantitative estimate of drug-likeness (QED) is 0.581. The SMILES string of the molecule is CCC(CC)n1nccc1NC(=O)c1cc2oc(Br)cc2n1CCOC. The van der Waals surface area contributed by atoms with Gasteiger partial charge in [-0.1, -0.05) is 13.8 Å². The standard InChI is InChI=1S/C18H23BrN4O3/c1-4-12(5-2)23-17(6-7-20-23)21-18(24)14-10-15-13(11-16(19)26-15)22(14)8-9-25-3/h6-7,10-12H,4-5,8-9H2,1-3H3,(H,21,24). The highest BCUT2D eigenvalue weighted by Gasteiger charge is 2.20. The van der Waals surface area contributed by atoms with E-state index < -0.39 is 0 Å². The number of carbonyl (C=O) groups is 1. The lowest BCUT2D eigenvalue weighted by atomic mass is 10.2. The summed E-state index contributed by atoms with van der Waals surface area (Å²) >= 11 is 3.33. The number of ether oxygens (including phenoxy) is 1. The van der Waals surface area contributed by atoms with Crippen LogP contribution < -0.4 is 5.32 Å². The van der Waals surface area contributed by atoms with Gasteiger partial charge >= 0.3 is 0 Å². The number of rotatable bonds is 8. The number of fused-ring (bicyclic) bond motifs is 1. The lowest BCUT2D eigenvalue weighted by molar-refractivity contribution is 0.101. The Labute approximate surface area is 160 Å². The first kappa shape index (κ1) is 18.7. The number of nitrogens with zero attached hydrogens (tertiary/aromatic N) is 3. The molecule has 0 aliphatic heterocycles. The molecule has 3 aromatic heterocycles. The van der Waals surface area contributed by atoms with Gasteiger partial charge in [0.1, 0.15) is 11.5 Å². The fourth-order valence-corrected chi connectivity index (χ4v) is 3.53. The number of anilines is 1. The van der Waals surface area contributed by atoms with E-state index >= 15 is 0 Å². The fraction of sp³-hybridized carbons (Fsp3) is 0.444. The number of halogens is 1. The number of carbonyl (C=O) groups excluding carboxylic acids is 1. The van der Waals surface area contributed by atoms with Gasteiger partial charge in [-0.3, -0.25) is 4.79 Å².